The summed E-state index contributed by atoms with van der Waals surface area (Å²) in [6.07, 6.45) is 0.759. The average molecular weight is 210 g/mol. The molecular formula is C11H18N2O2. The third-order valence-corrected chi connectivity index (χ3v) is 2.31. The molecule has 0 unspecified atom stereocenters. The van der Waals surface area contributed by atoms with Gasteiger partial charge in [-0.2, -0.15) is 0 Å². The Morgan fingerprint density at radius 3 is 2.40 bits per heavy atom. The van der Waals surface area contributed by atoms with Crippen LogP contribution in [0.2, 0.25) is 0 Å². The van der Waals surface area contributed by atoms with E-state index in [-0.39, 0.29) is 6.04 Å². The number of hydrogen-bond acceptors (Lipinski definition) is 4. The average Bonchev–Trinajstić information content (AvgIpc) is 2.28. The molecule has 0 fully saturated rings. The number of ether oxygens (including phenoxy) is 2. The van der Waals surface area contributed by atoms with Crippen LogP contribution in [0.5, 0.6) is 11.5 Å². The van der Waals surface area contributed by atoms with Crippen LogP contribution in [0.1, 0.15) is 18.0 Å². The Morgan fingerprint density at radius 1 is 1.20 bits per heavy atom. The van der Waals surface area contributed by atoms with Gasteiger partial charge in [-0.25, -0.2) is 0 Å². The van der Waals surface area contributed by atoms with E-state index in [2.05, 4.69) is 0 Å². The SMILES string of the molecule is COc1ccc([C@@H](N)CCN)cc1OC. The van der Waals surface area contributed by atoms with Crippen LogP contribution in [0.15, 0.2) is 18.2 Å². The standard InChI is InChI=1S/C11H18N2O2/c1-14-10-4-3-8(7-11(10)15-2)9(13)5-6-12/h3-4,7,9H,5-6,12-13H2,1-2H3/t9-/m0/s1. The monoisotopic (exact) mass is 210 g/mol. The van der Waals surface area contributed by atoms with E-state index in [1.54, 1.807) is 14.2 Å². The molecule has 0 amide bonds. The number of hydrogen-bond donors (Lipinski definition) is 2. The lowest BCUT2D eigenvalue weighted by Crippen LogP contribution is -2.15. The largest absolute Gasteiger partial charge is 0.493 e. The van der Waals surface area contributed by atoms with Crippen LogP contribution in [0.25, 0.3) is 0 Å². The van der Waals surface area contributed by atoms with Gasteiger partial charge in [0.05, 0.1) is 14.2 Å². The molecule has 1 aromatic rings. The van der Waals surface area contributed by atoms with Gasteiger partial charge in [-0.15, -0.1) is 0 Å². The zero-order chi connectivity index (χ0) is 11.3. The predicted octanol–water partition coefficient (Wildman–Crippen LogP) is 1.05. The molecule has 0 bridgehead atoms. The van der Waals surface area contributed by atoms with Crippen LogP contribution in [0.4, 0.5) is 0 Å². The lowest BCUT2D eigenvalue weighted by Gasteiger charge is -2.14. The summed E-state index contributed by atoms with van der Waals surface area (Å²) in [7, 11) is 3.22. The summed E-state index contributed by atoms with van der Waals surface area (Å²) in [4.78, 5) is 0. The molecule has 0 aliphatic rings. The third-order valence-electron chi connectivity index (χ3n) is 2.31. The molecule has 0 aliphatic heterocycles. The Kier molecular flexibility index (Phi) is 4.39. The summed E-state index contributed by atoms with van der Waals surface area (Å²) >= 11 is 0. The number of benzene rings is 1. The van der Waals surface area contributed by atoms with E-state index in [0.717, 1.165) is 12.0 Å². The molecular weight excluding hydrogens is 192 g/mol. The molecule has 84 valence electrons. The highest BCUT2D eigenvalue weighted by molar-refractivity contribution is 5.43. The second kappa shape index (κ2) is 5.58. The van der Waals surface area contributed by atoms with Crippen LogP contribution >= 0.6 is 0 Å². The van der Waals surface area contributed by atoms with Gasteiger partial charge in [0.1, 0.15) is 0 Å². The Hall–Kier alpha value is -1.26. The van der Waals surface area contributed by atoms with Gasteiger partial charge in [-0.3, -0.25) is 0 Å². The first kappa shape index (κ1) is 11.8. The van der Waals surface area contributed by atoms with E-state index in [0.29, 0.717) is 18.0 Å². The van der Waals surface area contributed by atoms with Crippen molar-refractivity contribution in [1.82, 2.24) is 0 Å². The van der Waals surface area contributed by atoms with Gasteiger partial charge < -0.3 is 20.9 Å². The topological polar surface area (TPSA) is 70.5 Å². The van der Waals surface area contributed by atoms with E-state index in [1.165, 1.54) is 0 Å². The van der Waals surface area contributed by atoms with Crippen molar-refractivity contribution < 1.29 is 9.47 Å². The summed E-state index contributed by atoms with van der Waals surface area (Å²) < 4.78 is 10.3. The van der Waals surface area contributed by atoms with Crippen molar-refractivity contribution in [3.8, 4) is 11.5 Å². The number of nitrogens with two attached hydrogens (primary N) is 2. The van der Waals surface area contributed by atoms with Gasteiger partial charge in [0.25, 0.3) is 0 Å². The fourth-order valence-electron chi connectivity index (χ4n) is 1.43. The highest BCUT2D eigenvalue weighted by atomic mass is 16.5. The Balaban J connectivity index is 2.92. The minimum Gasteiger partial charge on any atom is -0.493 e. The molecule has 4 nitrogen and oxygen atoms in total. The molecule has 4 heteroatoms. The van der Waals surface area contributed by atoms with Crippen LogP contribution in [-0.2, 0) is 0 Å². The molecule has 0 spiro atoms. The van der Waals surface area contributed by atoms with Crippen molar-refractivity contribution in [2.75, 3.05) is 20.8 Å². The highest BCUT2D eigenvalue weighted by Gasteiger charge is 2.09. The van der Waals surface area contributed by atoms with Crippen molar-refractivity contribution in [1.29, 1.82) is 0 Å². The minimum atomic E-state index is -0.0465. The van der Waals surface area contributed by atoms with Crippen LogP contribution in [0, 0.1) is 0 Å². The molecule has 0 radical (unpaired) electrons. The molecule has 4 N–H and O–H groups in total. The third kappa shape index (κ3) is 2.84. The van der Waals surface area contributed by atoms with Gasteiger partial charge >= 0.3 is 0 Å². The minimum absolute atomic E-state index is 0.0465. The van der Waals surface area contributed by atoms with Crippen molar-refractivity contribution in [3.05, 3.63) is 23.8 Å². The second-order valence-corrected chi connectivity index (χ2v) is 3.30. The number of rotatable bonds is 5. The van der Waals surface area contributed by atoms with E-state index < -0.39 is 0 Å². The zero-order valence-electron chi connectivity index (χ0n) is 9.19. The fourth-order valence-corrected chi connectivity index (χ4v) is 1.43. The van der Waals surface area contributed by atoms with Crippen LogP contribution < -0.4 is 20.9 Å². The lowest BCUT2D eigenvalue weighted by atomic mass is 10.0. The fraction of sp³-hybridized carbons (Fsp3) is 0.455. The summed E-state index contributed by atoms with van der Waals surface area (Å²) in [5, 5.41) is 0. The van der Waals surface area contributed by atoms with Gasteiger partial charge in [0.2, 0.25) is 0 Å². The lowest BCUT2D eigenvalue weighted by molar-refractivity contribution is 0.354. The first-order valence-electron chi connectivity index (χ1n) is 4.90. The van der Waals surface area contributed by atoms with Gasteiger partial charge in [0.15, 0.2) is 11.5 Å². The second-order valence-electron chi connectivity index (χ2n) is 3.30. The van der Waals surface area contributed by atoms with Gasteiger partial charge in [-0.05, 0) is 30.7 Å². The molecule has 0 aliphatic carbocycles. The molecule has 1 aromatic carbocycles. The summed E-state index contributed by atoms with van der Waals surface area (Å²) in [5.41, 5.74) is 12.4. The maximum absolute atomic E-state index is 5.94. The molecule has 0 saturated carbocycles. The van der Waals surface area contributed by atoms with Gasteiger partial charge in [0, 0.05) is 6.04 Å². The van der Waals surface area contributed by atoms with Gasteiger partial charge in [-0.1, -0.05) is 6.07 Å². The Labute approximate surface area is 90.2 Å². The number of methoxy groups -OCH3 is 2. The first-order valence-corrected chi connectivity index (χ1v) is 4.90. The van der Waals surface area contributed by atoms with Crippen LogP contribution in [0.3, 0.4) is 0 Å². The van der Waals surface area contributed by atoms with E-state index in [4.69, 9.17) is 20.9 Å². The Bertz CT molecular complexity index is 315. The predicted molar refractivity (Wildman–Crippen MR) is 60.1 cm³/mol. The highest BCUT2D eigenvalue weighted by Crippen LogP contribution is 2.29. The van der Waals surface area contributed by atoms with Crippen molar-refractivity contribution in [2.45, 2.75) is 12.5 Å². The summed E-state index contributed by atoms with van der Waals surface area (Å²) in [6, 6.07) is 5.63. The molecule has 0 aromatic heterocycles. The smallest absolute Gasteiger partial charge is 0.161 e. The molecule has 1 rings (SSSR count). The van der Waals surface area contributed by atoms with Crippen molar-refractivity contribution in [3.63, 3.8) is 0 Å². The Morgan fingerprint density at radius 2 is 1.87 bits per heavy atom. The molecule has 1 atom stereocenters. The van der Waals surface area contributed by atoms with Crippen molar-refractivity contribution in [2.24, 2.45) is 11.5 Å². The molecule has 15 heavy (non-hydrogen) atoms. The quantitative estimate of drug-likeness (QED) is 0.762. The molecule has 0 saturated heterocycles. The summed E-state index contributed by atoms with van der Waals surface area (Å²) in [6.45, 7) is 0.579. The molecule has 0 heterocycles. The zero-order valence-corrected chi connectivity index (χ0v) is 9.19. The van der Waals surface area contributed by atoms with Crippen LogP contribution in [-0.4, -0.2) is 20.8 Å². The van der Waals surface area contributed by atoms with E-state index in [1.807, 2.05) is 18.2 Å². The maximum Gasteiger partial charge on any atom is 0.161 e. The normalized spacial score (nSPS) is 12.3. The first-order chi connectivity index (χ1) is 7.22. The maximum atomic E-state index is 5.94. The van der Waals surface area contributed by atoms with E-state index >= 15 is 0 Å². The van der Waals surface area contributed by atoms with Crippen molar-refractivity contribution >= 4 is 0 Å². The van der Waals surface area contributed by atoms with E-state index in [9.17, 15) is 0 Å². The summed E-state index contributed by atoms with van der Waals surface area (Å²) in [5.74, 6) is 1.41.